The zero-order valence-corrected chi connectivity index (χ0v) is 9.94. The largest absolute Gasteiger partial charge is 0.370 e. The van der Waals surface area contributed by atoms with Crippen molar-refractivity contribution in [2.75, 3.05) is 6.54 Å². The van der Waals surface area contributed by atoms with E-state index >= 15 is 0 Å². The molecule has 0 bridgehead atoms. The zero-order chi connectivity index (χ0) is 12.0. The lowest BCUT2D eigenvalue weighted by Gasteiger charge is -2.18. The third-order valence-corrected chi connectivity index (χ3v) is 2.49. The van der Waals surface area contributed by atoms with E-state index < -0.39 is 0 Å². The van der Waals surface area contributed by atoms with Gasteiger partial charge in [-0.1, -0.05) is 6.92 Å². The normalized spacial score (nSPS) is 12.6. The van der Waals surface area contributed by atoms with Gasteiger partial charge >= 0.3 is 0 Å². The molecule has 0 saturated heterocycles. The van der Waals surface area contributed by atoms with Crippen molar-refractivity contribution in [3.63, 3.8) is 0 Å². The minimum atomic E-state index is -0.294. The van der Waals surface area contributed by atoms with Gasteiger partial charge < -0.3 is 15.6 Å². The average molecular weight is 224 g/mol. The van der Waals surface area contributed by atoms with Gasteiger partial charge in [-0.25, -0.2) is 4.98 Å². The lowest BCUT2D eigenvalue weighted by Crippen LogP contribution is -2.28. The molecule has 0 aliphatic rings. The number of carbonyl (C=O) groups is 1. The van der Waals surface area contributed by atoms with Crippen LogP contribution < -0.4 is 11.1 Å². The fourth-order valence-electron chi connectivity index (χ4n) is 1.69. The molecule has 0 spiro atoms. The molecule has 0 aromatic carbocycles. The van der Waals surface area contributed by atoms with Crippen molar-refractivity contribution in [3.8, 4) is 0 Å². The lowest BCUT2D eigenvalue weighted by molar-refractivity contribution is -0.118. The number of primary amides is 1. The third kappa shape index (κ3) is 3.34. The maximum atomic E-state index is 11.0. The SMILES string of the molecule is CCCNC(CC(N)=O)c1cncn1CC. The van der Waals surface area contributed by atoms with Crippen LogP contribution in [0.5, 0.6) is 0 Å². The molecule has 3 N–H and O–H groups in total. The Balaban J connectivity index is 2.78. The first kappa shape index (κ1) is 12.7. The van der Waals surface area contributed by atoms with E-state index in [2.05, 4.69) is 17.2 Å². The maximum Gasteiger partial charge on any atom is 0.219 e. The number of rotatable bonds is 7. The van der Waals surface area contributed by atoms with E-state index in [-0.39, 0.29) is 11.9 Å². The molecule has 1 unspecified atom stereocenters. The molecule has 16 heavy (non-hydrogen) atoms. The highest BCUT2D eigenvalue weighted by Gasteiger charge is 2.16. The van der Waals surface area contributed by atoms with Crippen LogP contribution in [0.4, 0.5) is 0 Å². The molecule has 90 valence electrons. The van der Waals surface area contributed by atoms with E-state index in [9.17, 15) is 4.79 Å². The van der Waals surface area contributed by atoms with Gasteiger partial charge in [0.25, 0.3) is 0 Å². The topological polar surface area (TPSA) is 72.9 Å². The molecule has 1 amide bonds. The van der Waals surface area contributed by atoms with E-state index in [1.165, 1.54) is 0 Å². The zero-order valence-electron chi connectivity index (χ0n) is 9.94. The molecular weight excluding hydrogens is 204 g/mol. The molecule has 1 heterocycles. The number of hydrogen-bond acceptors (Lipinski definition) is 3. The van der Waals surface area contributed by atoms with Crippen LogP contribution in [0.15, 0.2) is 12.5 Å². The average Bonchev–Trinajstić information content (AvgIpc) is 2.71. The Labute approximate surface area is 96.0 Å². The van der Waals surface area contributed by atoms with Crippen molar-refractivity contribution in [1.29, 1.82) is 0 Å². The number of amides is 1. The maximum absolute atomic E-state index is 11.0. The molecule has 0 saturated carbocycles. The van der Waals surface area contributed by atoms with Crippen LogP contribution >= 0.6 is 0 Å². The van der Waals surface area contributed by atoms with E-state index in [1.54, 1.807) is 12.5 Å². The van der Waals surface area contributed by atoms with E-state index in [4.69, 9.17) is 5.73 Å². The fourth-order valence-corrected chi connectivity index (χ4v) is 1.69. The van der Waals surface area contributed by atoms with Crippen molar-refractivity contribution in [2.45, 2.75) is 39.3 Å². The van der Waals surface area contributed by atoms with Crippen LogP contribution in [0.3, 0.4) is 0 Å². The molecule has 0 radical (unpaired) electrons. The highest BCUT2D eigenvalue weighted by atomic mass is 16.1. The Morgan fingerprint density at radius 1 is 1.62 bits per heavy atom. The van der Waals surface area contributed by atoms with E-state index in [1.807, 2.05) is 11.5 Å². The van der Waals surface area contributed by atoms with E-state index in [0.29, 0.717) is 6.42 Å². The van der Waals surface area contributed by atoms with Gasteiger partial charge in [-0.05, 0) is 19.9 Å². The monoisotopic (exact) mass is 224 g/mol. The molecular formula is C11H20N4O. The molecule has 0 fully saturated rings. The van der Waals surface area contributed by atoms with Gasteiger partial charge in [0.2, 0.25) is 5.91 Å². The Morgan fingerprint density at radius 2 is 2.38 bits per heavy atom. The summed E-state index contributed by atoms with van der Waals surface area (Å²) in [5, 5.41) is 3.32. The summed E-state index contributed by atoms with van der Waals surface area (Å²) in [5.74, 6) is -0.294. The summed E-state index contributed by atoms with van der Waals surface area (Å²) in [6, 6.07) is -0.0279. The number of nitrogens with zero attached hydrogens (tertiary/aromatic N) is 2. The molecule has 0 aliphatic carbocycles. The molecule has 5 heteroatoms. The van der Waals surface area contributed by atoms with E-state index in [0.717, 1.165) is 25.2 Å². The number of imidazole rings is 1. The number of aromatic nitrogens is 2. The fraction of sp³-hybridized carbons (Fsp3) is 0.636. The van der Waals surface area contributed by atoms with Crippen LogP contribution in [-0.4, -0.2) is 22.0 Å². The molecule has 1 rings (SSSR count). The second-order valence-electron chi connectivity index (χ2n) is 3.78. The van der Waals surface area contributed by atoms with Crippen LogP contribution in [-0.2, 0) is 11.3 Å². The van der Waals surface area contributed by atoms with Crippen molar-refractivity contribution < 1.29 is 4.79 Å². The molecule has 1 aromatic heterocycles. The summed E-state index contributed by atoms with van der Waals surface area (Å²) in [6.07, 6.45) is 4.90. The van der Waals surface area contributed by atoms with Gasteiger partial charge in [-0.2, -0.15) is 0 Å². The first-order valence-corrected chi connectivity index (χ1v) is 5.70. The van der Waals surface area contributed by atoms with Gasteiger partial charge in [-0.15, -0.1) is 0 Å². The number of nitrogens with one attached hydrogen (secondary N) is 1. The van der Waals surface area contributed by atoms with Crippen LogP contribution in [0.1, 0.15) is 38.4 Å². The lowest BCUT2D eigenvalue weighted by atomic mass is 10.1. The summed E-state index contributed by atoms with van der Waals surface area (Å²) in [5.41, 5.74) is 6.28. The van der Waals surface area contributed by atoms with Gasteiger partial charge in [-0.3, -0.25) is 4.79 Å². The Kier molecular flexibility index (Phi) is 4.98. The van der Waals surface area contributed by atoms with Crippen molar-refractivity contribution >= 4 is 5.91 Å². The number of nitrogens with two attached hydrogens (primary N) is 1. The van der Waals surface area contributed by atoms with Gasteiger partial charge in [0, 0.05) is 19.2 Å². The Bertz CT molecular complexity index is 334. The summed E-state index contributed by atoms with van der Waals surface area (Å²) < 4.78 is 2.02. The molecule has 1 atom stereocenters. The Hall–Kier alpha value is -1.36. The summed E-state index contributed by atoms with van der Waals surface area (Å²) >= 11 is 0. The molecule has 0 aliphatic heterocycles. The van der Waals surface area contributed by atoms with Crippen molar-refractivity contribution in [1.82, 2.24) is 14.9 Å². The first-order chi connectivity index (χ1) is 7.69. The second kappa shape index (κ2) is 6.27. The predicted octanol–water partition coefficient (Wildman–Crippen LogP) is 0.819. The number of aryl methyl sites for hydroxylation is 1. The highest BCUT2D eigenvalue weighted by molar-refractivity contribution is 5.74. The predicted molar refractivity (Wildman–Crippen MR) is 62.7 cm³/mol. The molecule has 1 aromatic rings. The highest BCUT2D eigenvalue weighted by Crippen LogP contribution is 2.16. The third-order valence-electron chi connectivity index (χ3n) is 2.49. The smallest absolute Gasteiger partial charge is 0.219 e. The van der Waals surface area contributed by atoms with Crippen molar-refractivity contribution in [2.24, 2.45) is 5.73 Å². The molecule has 5 nitrogen and oxygen atoms in total. The quantitative estimate of drug-likeness (QED) is 0.720. The Morgan fingerprint density at radius 3 is 2.94 bits per heavy atom. The van der Waals surface area contributed by atoms with Crippen LogP contribution in [0.2, 0.25) is 0 Å². The van der Waals surface area contributed by atoms with Crippen LogP contribution in [0.25, 0.3) is 0 Å². The van der Waals surface area contributed by atoms with Crippen LogP contribution in [0, 0.1) is 0 Å². The summed E-state index contributed by atoms with van der Waals surface area (Å²) in [6.45, 7) is 5.85. The first-order valence-electron chi connectivity index (χ1n) is 5.70. The van der Waals surface area contributed by atoms with Gasteiger partial charge in [0.1, 0.15) is 0 Å². The van der Waals surface area contributed by atoms with Gasteiger partial charge in [0.05, 0.1) is 18.1 Å². The number of hydrogen-bond donors (Lipinski definition) is 2. The second-order valence-corrected chi connectivity index (χ2v) is 3.78. The van der Waals surface area contributed by atoms with Gasteiger partial charge in [0.15, 0.2) is 0 Å². The minimum absolute atomic E-state index is 0.0279. The standard InChI is InChI=1S/C11H20N4O/c1-3-5-14-9(6-11(12)16)10-7-13-8-15(10)4-2/h7-9,14H,3-6H2,1-2H3,(H2,12,16). The number of carbonyl (C=O) groups excluding carboxylic acids is 1. The summed E-state index contributed by atoms with van der Waals surface area (Å²) in [4.78, 5) is 15.1. The van der Waals surface area contributed by atoms with Crippen molar-refractivity contribution in [3.05, 3.63) is 18.2 Å². The summed E-state index contributed by atoms with van der Waals surface area (Å²) in [7, 11) is 0. The minimum Gasteiger partial charge on any atom is -0.370 e.